The van der Waals surface area contributed by atoms with Gasteiger partial charge in [-0.05, 0) is 38.5 Å². The van der Waals surface area contributed by atoms with E-state index >= 15 is 0 Å². The minimum Gasteiger partial charge on any atom is -0.396 e. The molecule has 2 nitrogen and oxygen atoms in total. The van der Waals surface area contributed by atoms with Gasteiger partial charge in [-0.15, -0.1) is 6.58 Å². The number of nitrogens with zero attached hydrogens (tertiary/aromatic N) is 1. The topological polar surface area (TPSA) is 29.3 Å². The fraction of sp³-hybridized carbons (Fsp3) is 0.429. The van der Waals surface area contributed by atoms with E-state index < -0.39 is 0 Å². The van der Waals surface area contributed by atoms with Crippen molar-refractivity contribution in [3.63, 3.8) is 0 Å². The number of halogens is 2. The van der Waals surface area contributed by atoms with Crippen molar-refractivity contribution in [1.82, 2.24) is 4.90 Å². The second-order valence-corrected chi connectivity index (χ2v) is 6.13. The molecule has 18 heavy (non-hydrogen) atoms. The summed E-state index contributed by atoms with van der Waals surface area (Å²) in [4.78, 5) is 2.29. The van der Waals surface area contributed by atoms with Crippen LogP contribution < -0.4 is 5.73 Å². The first-order chi connectivity index (χ1) is 8.25. The van der Waals surface area contributed by atoms with Crippen molar-refractivity contribution in [1.29, 1.82) is 0 Å². The third-order valence-corrected chi connectivity index (χ3v) is 3.44. The first-order valence-electron chi connectivity index (χ1n) is 5.85. The van der Waals surface area contributed by atoms with Gasteiger partial charge < -0.3 is 5.73 Å². The van der Waals surface area contributed by atoms with Gasteiger partial charge in [0.25, 0.3) is 0 Å². The number of rotatable bonds is 4. The van der Waals surface area contributed by atoms with Gasteiger partial charge in [-0.25, -0.2) is 0 Å². The van der Waals surface area contributed by atoms with Crippen LogP contribution in [0.4, 0.5) is 5.69 Å². The second kappa shape index (κ2) is 5.96. The lowest BCUT2D eigenvalue weighted by atomic mass is 10.0. The maximum Gasteiger partial charge on any atom is 0.0693 e. The smallest absolute Gasteiger partial charge is 0.0693 e. The van der Waals surface area contributed by atoms with Crippen molar-refractivity contribution in [2.75, 3.05) is 12.3 Å². The zero-order valence-corrected chi connectivity index (χ0v) is 12.6. The van der Waals surface area contributed by atoms with Crippen LogP contribution >= 0.6 is 23.2 Å². The lowest BCUT2D eigenvalue weighted by Gasteiger charge is -2.35. The molecular formula is C14H20Cl2N2. The van der Waals surface area contributed by atoms with Gasteiger partial charge in [0.1, 0.15) is 0 Å². The molecule has 0 fully saturated rings. The van der Waals surface area contributed by atoms with Crippen LogP contribution in [0.1, 0.15) is 26.3 Å². The molecule has 0 bridgehead atoms. The van der Waals surface area contributed by atoms with E-state index in [1.165, 1.54) is 0 Å². The molecule has 0 aliphatic carbocycles. The number of hydrogen-bond donors (Lipinski definition) is 1. The summed E-state index contributed by atoms with van der Waals surface area (Å²) in [7, 11) is 0. The Morgan fingerprint density at radius 1 is 1.28 bits per heavy atom. The van der Waals surface area contributed by atoms with E-state index in [4.69, 9.17) is 28.9 Å². The summed E-state index contributed by atoms with van der Waals surface area (Å²) in [5.74, 6) is 0. The Bertz CT molecular complexity index is 413. The number of anilines is 1. The average Bonchev–Trinajstić information content (AvgIpc) is 2.24. The Hall–Kier alpha value is -0.700. The lowest BCUT2D eigenvalue weighted by molar-refractivity contribution is 0.145. The highest BCUT2D eigenvalue weighted by Gasteiger charge is 2.20. The van der Waals surface area contributed by atoms with Crippen LogP contribution in [-0.2, 0) is 6.54 Å². The van der Waals surface area contributed by atoms with E-state index in [-0.39, 0.29) is 5.54 Å². The summed E-state index contributed by atoms with van der Waals surface area (Å²) in [6, 6.07) is 3.73. The highest BCUT2D eigenvalue weighted by Crippen LogP contribution is 2.30. The van der Waals surface area contributed by atoms with Crippen LogP contribution in [0.5, 0.6) is 0 Å². The third-order valence-electron chi connectivity index (χ3n) is 2.81. The zero-order chi connectivity index (χ0) is 13.9. The van der Waals surface area contributed by atoms with E-state index in [2.05, 4.69) is 32.3 Å². The molecule has 0 aliphatic rings. The van der Waals surface area contributed by atoms with Crippen molar-refractivity contribution >= 4 is 28.9 Å². The molecule has 1 aromatic carbocycles. The molecule has 0 saturated heterocycles. The number of benzene rings is 1. The van der Waals surface area contributed by atoms with Gasteiger partial charge in [0, 0.05) is 18.6 Å². The molecule has 0 spiro atoms. The Morgan fingerprint density at radius 3 is 2.17 bits per heavy atom. The van der Waals surface area contributed by atoms with Crippen LogP contribution in [-0.4, -0.2) is 17.0 Å². The first-order valence-corrected chi connectivity index (χ1v) is 6.60. The summed E-state index contributed by atoms with van der Waals surface area (Å²) >= 11 is 12.1. The molecule has 0 amide bonds. The predicted molar refractivity (Wildman–Crippen MR) is 81.2 cm³/mol. The van der Waals surface area contributed by atoms with Crippen LogP contribution in [0.25, 0.3) is 0 Å². The number of nitrogens with two attached hydrogens (primary N) is 1. The van der Waals surface area contributed by atoms with Crippen LogP contribution in [0, 0.1) is 0 Å². The Morgan fingerprint density at radius 2 is 1.78 bits per heavy atom. The lowest BCUT2D eigenvalue weighted by Crippen LogP contribution is -2.40. The van der Waals surface area contributed by atoms with Gasteiger partial charge in [0.05, 0.1) is 15.7 Å². The number of nitrogen functional groups attached to an aromatic ring is 1. The molecule has 1 rings (SSSR count). The minimum atomic E-state index is 0.0501. The molecule has 0 radical (unpaired) electrons. The molecule has 0 aliphatic heterocycles. The van der Waals surface area contributed by atoms with Crippen LogP contribution in [0.2, 0.25) is 10.0 Å². The van der Waals surface area contributed by atoms with Crippen molar-refractivity contribution in [2.24, 2.45) is 0 Å². The highest BCUT2D eigenvalue weighted by molar-refractivity contribution is 6.38. The molecule has 0 aromatic heterocycles. The maximum absolute atomic E-state index is 6.05. The quantitative estimate of drug-likeness (QED) is 0.658. The molecule has 4 heteroatoms. The largest absolute Gasteiger partial charge is 0.396 e. The molecule has 0 heterocycles. The molecule has 2 N–H and O–H groups in total. The summed E-state index contributed by atoms with van der Waals surface area (Å²) in [6.45, 7) is 11.8. The monoisotopic (exact) mass is 286 g/mol. The Labute approximate surface area is 119 Å². The summed E-state index contributed by atoms with van der Waals surface area (Å²) in [6.07, 6.45) is 1.89. The van der Waals surface area contributed by atoms with Gasteiger partial charge in [-0.3, -0.25) is 4.90 Å². The van der Waals surface area contributed by atoms with Crippen LogP contribution in [0.15, 0.2) is 24.8 Å². The highest BCUT2D eigenvalue weighted by atomic mass is 35.5. The molecule has 0 unspecified atom stereocenters. The molecule has 100 valence electrons. The van der Waals surface area contributed by atoms with Crippen LogP contribution in [0.3, 0.4) is 0 Å². The summed E-state index contributed by atoms with van der Waals surface area (Å²) < 4.78 is 0. The van der Waals surface area contributed by atoms with E-state index in [0.717, 1.165) is 18.7 Å². The number of hydrogen-bond acceptors (Lipinski definition) is 2. The standard InChI is InChI=1S/C14H20Cl2N2/c1-5-6-18(14(2,3)4)9-10-7-11(15)13(17)12(16)8-10/h5,7-8H,1,6,9,17H2,2-4H3. The van der Waals surface area contributed by atoms with Gasteiger partial charge in [0.2, 0.25) is 0 Å². The van der Waals surface area contributed by atoms with Crippen molar-refractivity contribution in [3.8, 4) is 0 Å². The zero-order valence-electron chi connectivity index (χ0n) is 11.1. The second-order valence-electron chi connectivity index (χ2n) is 5.31. The van der Waals surface area contributed by atoms with Crippen molar-refractivity contribution < 1.29 is 0 Å². The minimum absolute atomic E-state index is 0.0501. The van der Waals surface area contributed by atoms with Gasteiger partial charge in [-0.2, -0.15) is 0 Å². The van der Waals surface area contributed by atoms with Crippen molar-refractivity contribution in [2.45, 2.75) is 32.9 Å². The summed E-state index contributed by atoms with van der Waals surface area (Å²) in [5.41, 5.74) is 7.27. The molecule has 1 aromatic rings. The van der Waals surface area contributed by atoms with Crippen molar-refractivity contribution in [3.05, 3.63) is 40.4 Å². The van der Waals surface area contributed by atoms with E-state index in [0.29, 0.717) is 15.7 Å². The van der Waals surface area contributed by atoms with E-state index in [1.54, 1.807) is 0 Å². The van der Waals surface area contributed by atoms with Gasteiger partial charge in [-0.1, -0.05) is 29.3 Å². The Balaban J connectivity index is 2.98. The van der Waals surface area contributed by atoms with Gasteiger partial charge in [0.15, 0.2) is 0 Å². The normalized spacial score (nSPS) is 11.9. The molecular weight excluding hydrogens is 267 g/mol. The fourth-order valence-corrected chi connectivity index (χ4v) is 2.21. The molecule has 0 saturated carbocycles. The van der Waals surface area contributed by atoms with E-state index in [1.807, 2.05) is 18.2 Å². The average molecular weight is 287 g/mol. The first kappa shape index (κ1) is 15.4. The Kier molecular flexibility index (Phi) is 5.09. The molecule has 0 atom stereocenters. The SMILES string of the molecule is C=CCN(Cc1cc(Cl)c(N)c(Cl)c1)C(C)(C)C. The third kappa shape index (κ3) is 3.91. The fourth-order valence-electron chi connectivity index (χ4n) is 1.68. The maximum atomic E-state index is 6.05. The predicted octanol–water partition coefficient (Wildman–Crippen LogP) is 4.36. The van der Waals surface area contributed by atoms with E-state index in [9.17, 15) is 0 Å². The summed E-state index contributed by atoms with van der Waals surface area (Å²) in [5, 5.41) is 1.01. The van der Waals surface area contributed by atoms with Gasteiger partial charge >= 0.3 is 0 Å².